The van der Waals surface area contributed by atoms with Crippen LogP contribution in [0.5, 0.6) is 0 Å². The summed E-state index contributed by atoms with van der Waals surface area (Å²) in [5.74, 6) is 0. The number of nitrogens with two attached hydrogens (primary N) is 1. The highest BCUT2D eigenvalue weighted by Crippen LogP contribution is 2.22. The lowest BCUT2D eigenvalue weighted by Crippen LogP contribution is -2.40. The van der Waals surface area contributed by atoms with Crippen molar-refractivity contribution in [2.24, 2.45) is 5.73 Å². The van der Waals surface area contributed by atoms with E-state index in [-0.39, 0.29) is 17.6 Å². The number of benzene rings is 1. The lowest BCUT2D eigenvalue weighted by atomic mass is 10.3. The third-order valence-corrected chi connectivity index (χ3v) is 2.69. The maximum absolute atomic E-state index is 11.9. The van der Waals surface area contributed by atoms with Gasteiger partial charge in [-0.05, 0) is 25.1 Å². The van der Waals surface area contributed by atoms with E-state index in [1.807, 2.05) is 6.92 Å². The first kappa shape index (κ1) is 15.0. The molecule has 0 aliphatic carbocycles. The van der Waals surface area contributed by atoms with Crippen molar-refractivity contribution in [3.8, 4) is 0 Å². The zero-order chi connectivity index (χ0) is 13.7. The van der Waals surface area contributed by atoms with Gasteiger partial charge in [-0.25, -0.2) is 4.79 Å². The van der Waals surface area contributed by atoms with E-state index in [1.54, 1.807) is 18.2 Å². The quantitative estimate of drug-likeness (QED) is 0.840. The minimum atomic E-state index is -0.302. The van der Waals surface area contributed by atoms with Crippen LogP contribution in [0.25, 0.3) is 0 Å². The lowest BCUT2D eigenvalue weighted by molar-refractivity contribution is 0.221. The molecule has 3 N–H and O–H groups in total. The molecule has 2 amide bonds. The number of hydrogen-bond donors (Lipinski definition) is 2. The van der Waals surface area contributed by atoms with Crippen molar-refractivity contribution in [1.29, 1.82) is 0 Å². The molecule has 4 nitrogen and oxygen atoms in total. The van der Waals surface area contributed by atoms with Gasteiger partial charge in [0.05, 0.1) is 11.5 Å². The number of carbonyl (C=O) groups excluding carboxylic acids is 1. The minimum Gasteiger partial charge on any atom is -0.392 e. The van der Waals surface area contributed by atoms with Crippen LogP contribution in [0.3, 0.4) is 0 Å². The van der Waals surface area contributed by atoms with Crippen molar-refractivity contribution < 1.29 is 4.79 Å². The van der Waals surface area contributed by atoms with Crippen molar-refractivity contribution in [2.75, 3.05) is 18.4 Å². The monoisotopic (exact) mass is 305 g/mol. The number of likely N-dealkylation sites (N-methyl/N-ethyl adjacent to an activating group) is 1. The van der Waals surface area contributed by atoms with Crippen LogP contribution < -0.4 is 11.1 Å². The van der Waals surface area contributed by atoms with E-state index in [0.29, 0.717) is 22.3 Å². The largest absolute Gasteiger partial charge is 0.392 e. The Kier molecular flexibility index (Phi) is 5.65. The molecule has 0 saturated carbocycles. The van der Waals surface area contributed by atoms with E-state index in [4.69, 9.17) is 41.2 Å². The topological polar surface area (TPSA) is 58.4 Å². The zero-order valence-corrected chi connectivity index (χ0v) is 12.1. The van der Waals surface area contributed by atoms with Gasteiger partial charge >= 0.3 is 6.03 Å². The summed E-state index contributed by atoms with van der Waals surface area (Å²) in [5.41, 5.74) is 5.94. The smallest absolute Gasteiger partial charge is 0.322 e. The second kappa shape index (κ2) is 6.78. The predicted octanol–water partition coefficient (Wildman–Crippen LogP) is 3.13. The molecule has 1 aromatic rings. The maximum atomic E-state index is 11.9. The van der Waals surface area contributed by atoms with E-state index < -0.39 is 0 Å². The number of amides is 2. The zero-order valence-electron chi connectivity index (χ0n) is 9.74. The molecule has 0 aliphatic rings. The lowest BCUT2D eigenvalue weighted by Gasteiger charge is -2.20. The fourth-order valence-electron chi connectivity index (χ4n) is 1.34. The molecule has 0 unspecified atom stereocenters. The fraction of sp³-hybridized carbons (Fsp3) is 0.273. The molecule has 0 atom stereocenters. The number of halogens is 2. The molecular weight excluding hydrogens is 293 g/mol. The first-order valence-corrected chi connectivity index (χ1v) is 6.39. The standard InChI is InChI=1S/C11H13Cl2N3OS/c1-2-16(6-10(14)18)11(17)15-9-4-7(12)3-8(13)5-9/h3-5H,2,6H2,1H3,(H2,14,18)(H,15,17). The van der Waals surface area contributed by atoms with E-state index >= 15 is 0 Å². The molecule has 1 aromatic carbocycles. The Morgan fingerprint density at radius 2 is 1.94 bits per heavy atom. The maximum Gasteiger partial charge on any atom is 0.322 e. The number of nitrogens with zero attached hydrogens (tertiary/aromatic N) is 1. The van der Waals surface area contributed by atoms with Gasteiger partial charge in [0, 0.05) is 22.3 Å². The van der Waals surface area contributed by atoms with Crippen LogP contribution in [0.4, 0.5) is 10.5 Å². The fourth-order valence-corrected chi connectivity index (χ4v) is 2.03. The van der Waals surface area contributed by atoms with Gasteiger partial charge in [0.1, 0.15) is 0 Å². The van der Waals surface area contributed by atoms with Gasteiger partial charge < -0.3 is 16.0 Å². The first-order valence-electron chi connectivity index (χ1n) is 5.22. The molecule has 0 spiro atoms. The van der Waals surface area contributed by atoms with Gasteiger partial charge in [-0.1, -0.05) is 35.4 Å². The number of thiocarbonyl (C=S) groups is 1. The third kappa shape index (κ3) is 4.68. The highest BCUT2D eigenvalue weighted by Gasteiger charge is 2.12. The minimum absolute atomic E-state index is 0.228. The molecule has 0 bridgehead atoms. The van der Waals surface area contributed by atoms with Crippen LogP contribution in [-0.2, 0) is 0 Å². The predicted molar refractivity (Wildman–Crippen MR) is 79.5 cm³/mol. The van der Waals surface area contributed by atoms with E-state index in [9.17, 15) is 4.79 Å². The molecule has 0 aliphatic heterocycles. The summed E-state index contributed by atoms with van der Waals surface area (Å²) >= 11 is 16.5. The van der Waals surface area contributed by atoms with Crippen LogP contribution >= 0.6 is 35.4 Å². The number of anilines is 1. The number of hydrogen-bond acceptors (Lipinski definition) is 2. The average Bonchev–Trinajstić information content (AvgIpc) is 2.23. The molecule has 0 heterocycles. The van der Waals surface area contributed by atoms with Crippen LogP contribution in [0.1, 0.15) is 6.92 Å². The molecule has 0 fully saturated rings. The molecule has 98 valence electrons. The normalized spacial score (nSPS) is 9.94. The van der Waals surface area contributed by atoms with E-state index in [2.05, 4.69) is 5.32 Å². The average molecular weight is 306 g/mol. The summed E-state index contributed by atoms with van der Waals surface area (Å²) in [6.07, 6.45) is 0. The van der Waals surface area contributed by atoms with Gasteiger partial charge in [0.15, 0.2) is 0 Å². The van der Waals surface area contributed by atoms with Crippen molar-refractivity contribution in [3.05, 3.63) is 28.2 Å². The SMILES string of the molecule is CCN(CC(N)=S)C(=O)Nc1cc(Cl)cc(Cl)c1. The molecule has 18 heavy (non-hydrogen) atoms. The Labute approximate surface area is 121 Å². The molecular formula is C11H13Cl2N3OS. The molecule has 7 heteroatoms. The first-order chi connectivity index (χ1) is 8.42. The van der Waals surface area contributed by atoms with Crippen LogP contribution in [0.2, 0.25) is 10.0 Å². The Morgan fingerprint density at radius 1 is 1.39 bits per heavy atom. The molecule has 0 aromatic heterocycles. The Hall–Kier alpha value is -1.04. The highest BCUT2D eigenvalue weighted by atomic mass is 35.5. The highest BCUT2D eigenvalue weighted by molar-refractivity contribution is 7.80. The van der Waals surface area contributed by atoms with Gasteiger partial charge in [-0.2, -0.15) is 0 Å². The summed E-state index contributed by atoms with van der Waals surface area (Å²) in [4.78, 5) is 13.7. The summed E-state index contributed by atoms with van der Waals surface area (Å²) in [5, 5.41) is 3.59. The van der Waals surface area contributed by atoms with Gasteiger partial charge in [-0.15, -0.1) is 0 Å². The van der Waals surface area contributed by atoms with Gasteiger partial charge in [0.25, 0.3) is 0 Å². The number of carbonyl (C=O) groups is 1. The van der Waals surface area contributed by atoms with Crippen molar-refractivity contribution >= 4 is 52.1 Å². The van der Waals surface area contributed by atoms with Crippen LogP contribution in [-0.4, -0.2) is 29.0 Å². The van der Waals surface area contributed by atoms with Gasteiger partial charge in [0.2, 0.25) is 0 Å². The Bertz CT molecular complexity index is 447. The molecule has 0 radical (unpaired) electrons. The number of nitrogens with one attached hydrogen (secondary N) is 1. The number of rotatable bonds is 4. The summed E-state index contributed by atoms with van der Waals surface area (Å²) in [6, 6.07) is 4.51. The van der Waals surface area contributed by atoms with Crippen molar-refractivity contribution in [1.82, 2.24) is 4.90 Å². The van der Waals surface area contributed by atoms with Crippen molar-refractivity contribution in [3.63, 3.8) is 0 Å². The summed E-state index contributed by atoms with van der Waals surface area (Å²) in [6.45, 7) is 2.56. The Balaban J connectivity index is 2.76. The second-order valence-electron chi connectivity index (χ2n) is 3.57. The summed E-state index contributed by atoms with van der Waals surface area (Å²) < 4.78 is 0. The third-order valence-electron chi connectivity index (χ3n) is 2.13. The Morgan fingerprint density at radius 3 is 2.39 bits per heavy atom. The van der Waals surface area contributed by atoms with E-state index in [1.165, 1.54) is 4.90 Å². The summed E-state index contributed by atoms with van der Waals surface area (Å²) in [7, 11) is 0. The molecule has 1 rings (SSSR count). The van der Waals surface area contributed by atoms with Crippen LogP contribution in [0, 0.1) is 0 Å². The van der Waals surface area contributed by atoms with Crippen LogP contribution in [0.15, 0.2) is 18.2 Å². The number of urea groups is 1. The molecule has 0 saturated heterocycles. The van der Waals surface area contributed by atoms with E-state index in [0.717, 1.165) is 0 Å². The van der Waals surface area contributed by atoms with Gasteiger partial charge in [-0.3, -0.25) is 0 Å². The van der Waals surface area contributed by atoms with Crippen molar-refractivity contribution in [2.45, 2.75) is 6.92 Å². The second-order valence-corrected chi connectivity index (χ2v) is 4.97.